The van der Waals surface area contributed by atoms with E-state index >= 15 is 0 Å². The van der Waals surface area contributed by atoms with E-state index in [4.69, 9.17) is 0 Å². The summed E-state index contributed by atoms with van der Waals surface area (Å²) in [5.74, 6) is 0. The molecule has 0 aliphatic heterocycles. The lowest BCUT2D eigenvalue weighted by atomic mass is 9.99. The third-order valence-corrected chi connectivity index (χ3v) is 7.81. The van der Waals surface area contributed by atoms with Gasteiger partial charge < -0.3 is 0 Å². The van der Waals surface area contributed by atoms with Crippen LogP contribution in [0.3, 0.4) is 0 Å². The molecule has 4 unspecified atom stereocenters. The fourth-order valence-electron chi connectivity index (χ4n) is 2.97. The molecule has 0 radical (unpaired) electrons. The molecule has 0 spiro atoms. The molecule has 1 saturated carbocycles. The van der Waals surface area contributed by atoms with Gasteiger partial charge in [-0.05, 0) is 34.8 Å². The molecular weight excluding hydrogens is 278 g/mol. The Morgan fingerprint density at radius 1 is 0.600 bits per heavy atom. The van der Waals surface area contributed by atoms with Crippen molar-refractivity contribution in [3.05, 3.63) is 60.7 Å². The first-order chi connectivity index (χ1) is 9.92. The molecule has 0 heterocycles. The number of rotatable bonds is 4. The molecule has 0 aromatic heterocycles. The smallest absolute Gasteiger partial charge is 0.0128 e. The molecule has 0 nitrogen and oxygen atoms in total. The van der Waals surface area contributed by atoms with Crippen LogP contribution in [0.1, 0.15) is 25.7 Å². The van der Waals surface area contributed by atoms with Gasteiger partial charge in [0.25, 0.3) is 0 Å². The average molecular weight is 300 g/mol. The van der Waals surface area contributed by atoms with Crippen molar-refractivity contribution in [3.63, 3.8) is 0 Å². The SMILES string of the molecule is c1ccc(PC2CCCCC2Pc2ccccc2)cc1. The van der Waals surface area contributed by atoms with Gasteiger partial charge in [-0.2, -0.15) is 0 Å². The van der Waals surface area contributed by atoms with Crippen molar-refractivity contribution >= 4 is 27.8 Å². The maximum Gasteiger partial charge on any atom is -0.0128 e. The average Bonchev–Trinajstić information content (AvgIpc) is 2.51. The molecule has 1 aliphatic rings. The van der Waals surface area contributed by atoms with Crippen LogP contribution >= 0.6 is 17.2 Å². The third-order valence-electron chi connectivity index (χ3n) is 4.02. The van der Waals surface area contributed by atoms with E-state index in [1.807, 2.05) is 0 Å². The summed E-state index contributed by atoms with van der Waals surface area (Å²) in [7, 11) is 1.99. The molecular formula is C18H22P2. The first-order valence-corrected chi connectivity index (χ1v) is 9.70. The van der Waals surface area contributed by atoms with E-state index in [0.717, 1.165) is 28.5 Å². The van der Waals surface area contributed by atoms with Gasteiger partial charge in [0.1, 0.15) is 0 Å². The minimum Gasteiger partial charge on any atom is -0.0866 e. The standard InChI is InChI=1S/C18H22P2/c1-3-9-15(10-4-1)19-17-13-7-8-14-18(17)20-16-11-5-2-6-12-16/h1-6,9-12,17-20H,7-8,13-14H2. The first-order valence-electron chi connectivity index (χ1n) is 7.55. The van der Waals surface area contributed by atoms with Gasteiger partial charge in [-0.3, -0.25) is 0 Å². The number of hydrogen-bond donors (Lipinski definition) is 0. The number of hydrogen-bond acceptors (Lipinski definition) is 0. The van der Waals surface area contributed by atoms with Crippen molar-refractivity contribution < 1.29 is 0 Å². The Bertz CT molecular complexity index is 460. The zero-order valence-electron chi connectivity index (χ0n) is 11.8. The molecule has 0 saturated heterocycles. The van der Waals surface area contributed by atoms with Gasteiger partial charge in [-0.25, -0.2) is 0 Å². The van der Waals surface area contributed by atoms with Gasteiger partial charge in [-0.15, -0.1) is 0 Å². The van der Waals surface area contributed by atoms with Gasteiger partial charge in [0, 0.05) is 0 Å². The summed E-state index contributed by atoms with van der Waals surface area (Å²) in [6.07, 6.45) is 5.72. The van der Waals surface area contributed by atoms with E-state index in [1.165, 1.54) is 25.7 Å². The van der Waals surface area contributed by atoms with Gasteiger partial charge in [0.2, 0.25) is 0 Å². The molecule has 4 atom stereocenters. The highest BCUT2D eigenvalue weighted by molar-refractivity contribution is 7.52. The van der Waals surface area contributed by atoms with E-state index in [1.54, 1.807) is 10.6 Å². The van der Waals surface area contributed by atoms with E-state index in [0.29, 0.717) is 0 Å². The monoisotopic (exact) mass is 300 g/mol. The quantitative estimate of drug-likeness (QED) is 0.738. The number of benzene rings is 2. The molecule has 0 amide bonds. The molecule has 2 aromatic carbocycles. The third kappa shape index (κ3) is 3.91. The Balaban J connectivity index is 1.68. The summed E-state index contributed by atoms with van der Waals surface area (Å²) in [6.45, 7) is 0. The van der Waals surface area contributed by atoms with Crippen molar-refractivity contribution in [2.45, 2.75) is 37.0 Å². The second kappa shape index (κ2) is 7.35. The van der Waals surface area contributed by atoms with Crippen LogP contribution in [-0.2, 0) is 0 Å². The lowest BCUT2D eigenvalue weighted by Gasteiger charge is -2.31. The van der Waals surface area contributed by atoms with Gasteiger partial charge in [0.15, 0.2) is 0 Å². The van der Waals surface area contributed by atoms with E-state index < -0.39 is 0 Å². The van der Waals surface area contributed by atoms with Crippen molar-refractivity contribution in [2.24, 2.45) is 0 Å². The van der Waals surface area contributed by atoms with Crippen LogP contribution < -0.4 is 10.6 Å². The Labute approximate surface area is 126 Å². The van der Waals surface area contributed by atoms with E-state index in [9.17, 15) is 0 Å². The highest BCUT2D eigenvalue weighted by Gasteiger charge is 2.25. The molecule has 2 heteroatoms. The maximum absolute atomic E-state index is 2.30. The molecule has 20 heavy (non-hydrogen) atoms. The molecule has 0 N–H and O–H groups in total. The molecule has 1 aliphatic carbocycles. The largest absolute Gasteiger partial charge is 0.0866 e. The fourth-order valence-corrected chi connectivity index (χ4v) is 6.53. The summed E-state index contributed by atoms with van der Waals surface area (Å²) in [6, 6.07) is 22.2. The highest BCUT2D eigenvalue weighted by Crippen LogP contribution is 2.41. The lowest BCUT2D eigenvalue weighted by molar-refractivity contribution is 0.524. The highest BCUT2D eigenvalue weighted by atomic mass is 31.1. The van der Waals surface area contributed by atoms with Crippen LogP contribution in [0, 0.1) is 0 Å². The van der Waals surface area contributed by atoms with Crippen molar-refractivity contribution in [3.8, 4) is 0 Å². The van der Waals surface area contributed by atoms with Gasteiger partial charge in [0.05, 0.1) is 0 Å². The Kier molecular flexibility index (Phi) is 5.23. The first kappa shape index (κ1) is 14.2. The molecule has 0 bridgehead atoms. The zero-order chi connectivity index (χ0) is 13.6. The second-order valence-corrected chi connectivity index (χ2v) is 8.73. The molecule has 3 rings (SSSR count). The van der Waals surface area contributed by atoms with E-state index in [2.05, 4.69) is 60.7 Å². The maximum atomic E-state index is 2.30. The van der Waals surface area contributed by atoms with Crippen LogP contribution in [0.25, 0.3) is 0 Å². The lowest BCUT2D eigenvalue weighted by Crippen LogP contribution is -2.26. The van der Waals surface area contributed by atoms with Crippen molar-refractivity contribution in [1.29, 1.82) is 0 Å². The van der Waals surface area contributed by atoms with Crippen LogP contribution in [0.5, 0.6) is 0 Å². The second-order valence-electron chi connectivity index (χ2n) is 5.52. The fraction of sp³-hybridized carbons (Fsp3) is 0.333. The Morgan fingerprint density at radius 3 is 1.40 bits per heavy atom. The zero-order valence-corrected chi connectivity index (χ0v) is 13.8. The summed E-state index contributed by atoms with van der Waals surface area (Å²) in [5.41, 5.74) is 1.81. The Morgan fingerprint density at radius 2 is 1.00 bits per heavy atom. The normalized spacial score (nSPS) is 23.8. The summed E-state index contributed by atoms with van der Waals surface area (Å²) < 4.78 is 0. The van der Waals surface area contributed by atoms with Crippen LogP contribution in [-0.4, -0.2) is 11.3 Å². The van der Waals surface area contributed by atoms with Crippen LogP contribution in [0.4, 0.5) is 0 Å². The summed E-state index contributed by atoms with van der Waals surface area (Å²) in [5, 5.41) is 3.09. The van der Waals surface area contributed by atoms with Gasteiger partial charge in [-0.1, -0.05) is 90.7 Å². The van der Waals surface area contributed by atoms with Crippen LogP contribution in [0.2, 0.25) is 0 Å². The van der Waals surface area contributed by atoms with Gasteiger partial charge >= 0.3 is 0 Å². The topological polar surface area (TPSA) is 0 Å². The van der Waals surface area contributed by atoms with Crippen LogP contribution in [0.15, 0.2) is 60.7 Å². The Hall–Kier alpha value is -0.700. The predicted octanol–water partition coefficient (Wildman–Crippen LogP) is 4.31. The minimum atomic E-state index is 0.907. The molecule has 2 aromatic rings. The minimum absolute atomic E-state index is 0.907. The van der Waals surface area contributed by atoms with E-state index in [-0.39, 0.29) is 0 Å². The molecule has 1 fully saturated rings. The van der Waals surface area contributed by atoms with Crippen molar-refractivity contribution in [2.75, 3.05) is 0 Å². The predicted molar refractivity (Wildman–Crippen MR) is 94.8 cm³/mol. The molecule has 104 valence electrons. The summed E-state index contributed by atoms with van der Waals surface area (Å²) >= 11 is 0. The van der Waals surface area contributed by atoms with Crippen molar-refractivity contribution in [1.82, 2.24) is 0 Å². The summed E-state index contributed by atoms with van der Waals surface area (Å²) in [4.78, 5) is 0.